The van der Waals surface area contributed by atoms with Crippen LogP contribution in [0.15, 0.2) is 4.42 Å². The molecule has 0 bridgehead atoms. The number of nitrogens with two attached hydrogens (primary N) is 1. The molecule has 0 aromatic carbocycles. The summed E-state index contributed by atoms with van der Waals surface area (Å²) in [5.41, 5.74) is 5.61. The lowest BCUT2D eigenvalue weighted by molar-refractivity contribution is 0.485. The van der Waals surface area contributed by atoms with Crippen molar-refractivity contribution in [2.45, 2.75) is 32.1 Å². The largest absolute Gasteiger partial charge is 0.425 e. The summed E-state index contributed by atoms with van der Waals surface area (Å²) >= 11 is 1.77. The van der Waals surface area contributed by atoms with Gasteiger partial charge in [0.05, 0.1) is 5.75 Å². The third-order valence-corrected chi connectivity index (χ3v) is 2.49. The molecule has 5 heteroatoms. The fraction of sp³-hybridized carbons (Fsp3) is 0.750. The van der Waals surface area contributed by atoms with Gasteiger partial charge in [-0.25, -0.2) is 0 Å². The van der Waals surface area contributed by atoms with Crippen molar-refractivity contribution in [2.75, 3.05) is 5.75 Å². The summed E-state index contributed by atoms with van der Waals surface area (Å²) in [6, 6.07) is 0.275. The fourth-order valence-electron chi connectivity index (χ4n) is 0.825. The first-order valence-corrected chi connectivity index (χ1v) is 5.46. The molecule has 2 N–H and O–H groups in total. The van der Waals surface area contributed by atoms with Gasteiger partial charge < -0.3 is 10.2 Å². The topological polar surface area (TPSA) is 64.9 Å². The molecule has 0 spiro atoms. The molecule has 0 aliphatic heterocycles. The minimum Gasteiger partial charge on any atom is -0.425 e. The maximum absolute atomic E-state index is 5.61. The van der Waals surface area contributed by atoms with Crippen molar-refractivity contribution in [2.24, 2.45) is 5.73 Å². The van der Waals surface area contributed by atoms with Crippen LogP contribution < -0.4 is 5.73 Å². The van der Waals surface area contributed by atoms with Crippen LogP contribution in [0.1, 0.15) is 25.1 Å². The van der Waals surface area contributed by atoms with Crippen LogP contribution in [0.3, 0.4) is 0 Å². The number of rotatable bonds is 5. The summed E-state index contributed by atoms with van der Waals surface area (Å²) < 4.78 is 5.22. The smallest absolute Gasteiger partial charge is 0.226 e. The first-order chi connectivity index (χ1) is 6.18. The monoisotopic (exact) mass is 201 g/mol. The van der Waals surface area contributed by atoms with Gasteiger partial charge in [-0.1, -0.05) is 0 Å². The predicted molar refractivity (Wildman–Crippen MR) is 53.5 cm³/mol. The molecule has 0 amide bonds. The number of aromatic nitrogens is 2. The van der Waals surface area contributed by atoms with Crippen molar-refractivity contribution in [3.05, 3.63) is 11.8 Å². The van der Waals surface area contributed by atoms with Crippen molar-refractivity contribution in [3.8, 4) is 0 Å². The second kappa shape index (κ2) is 5.24. The Kier molecular flexibility index (Phi) is 4.24. The zero-order valence-electron chi connectivity index (χ0n) is 7.99. The van der Waals surface area contributed by atoms with Gasteiger partial charge >= 0.3 is 0 Å². The van der Waals surface area contributed by atoms with E-state index in [0.717, 1.165) is 17.9 Å². The lowest BCUT2D eigenvalue weighted by Gasteiger charge is -2.02. The Morgan fingerprint density at radius 3 is 2.85 bits per heavy atom. The molecule has 0 fully saturated rings. The van der Waals surface area contributed by atoms with Crippen LogP contribution in [0.4, 0.5) is 0 Å². The molecular weight excluding hydrogens is 186 g/mol. The third-order valence-electron chi connectivity index (χ3n) is 1.51. The minimum atomic E-state index is 0.275. The lowest BCUT2D eigenvalue weighted by atomic mass is 10.3. The van der Waals surface area contributed by atoms with E-state index in [9.17, 15) is 0 Å². The van der Waals surface area contributed by atoms with E-state index in [1.807, 2.05) is 6.92 Å². The van der Waals surface area contributed by atoms with Gasteiger partial charge in [0, 0.05) is 13.0 Å². The number of nitrogens with zero attached hydrogens (tertiary/aromatic N) is 2. The van der Waals surface area contributed by atoms with Crippen molar-refractivity contribution < 1.29 is 4.42 Å². The van der Waals surface area contributed by atoms with Crippen LogP contribution in [0, 0.1) is 6.92 Å². The maximum atomic E-state index is 5.61. The van der Waals surface area contributed by atoms with E-state index in [1.165, 1.54) is 0 Å². The zero-order valence-corrected chi connectivity index (χ0v) is 8.80. The molecule has 0 saturated heterocycles. The van der Waals surface area contributed by atoms with E-state index in [4.69, 9.17) is 10.2 Å². The SMILES string of the molecule is Cc1nnc(CSCCC(C)N)o1. The van der Waals surface area contributed by atoms with Crippen LogP contribution in [0.2, 0.25) is 0 Å². The first kappa shape index (κ1) is 10.5. The van der Waals surface area contributed by atoms with Gasteiger partial charge in [0.25, 0.3) is 0 Å². The second-order valence-electron chi connectivity index (χ2n) is 3.03. The molecule has 0 radical (unpaired) electrons. The molecule has 0 aliphatic carbocycles. The van der Waals surface area contributed by atoms with E-state index >= 15 is 0 Å². The Labute approximate surface area is 82.3 Å². The van der Waals surface area contributed by atoms with E-state index in [0.29, 0.717) is 11.8 Å². The van der Waals surface area contributed by atoms with Crippen LogP contribution in [0.5, 0.6) is 0 Å². The quantitative estimate of drug-likeness (QED) is 0.728. The van der Waals surface area contributed by atoms with Gasteiger partial charge in [-0.3, -0.25) is 0 Å². The number of aryl methyl sites for hydroxylation is 1. The van der Waals surface area contributed by atoms with Gasteiger partial charge in [-0.05, 0) is 19.1 Å². The highest BCUT2D eigenvalue weighted by Gasteiger charge is 2.02. The Hall–Kier alpha value is -0.550. The molecular formula is C8H15N3OS. The van der Waals surface area contributed by atoms with Crippen LogP contribution >= 0.6 is 11.8 Å². The number of thioether (sulfide) groups is 1. The van der Waals surface area contributed by atoms with Crippen LogP contribution in [-0.4, -0.2) is 22.0 Å². The normalized spacial score (nSPS) is 13.2. The highest BCUT2D eigenvalue weighted by Crippen LogP contribution is 2.11. The summed E-state index contributed by atoms with van der Waals surface area (Å²) in [7, 11) is 0. The average Bonchev–Trinajstić information content (AvgIpc) is 2.45. The fourth-order valence-corrected chi connectivity index (χ4v) is 1.80. The molecule has 1 unspecified atom stereocenters. The predicted octanol–water partition coefficient (Wildman–Crippen LogP) is 1.35. The van der Waals surface area contributed by atoms with Crippen LogP contribution in [0.25, 0.3) is 0 Å². The van der Waals surface area contributed by atoms with E-state index in [-0.39, 0.29) is 6.04 Å². The zero-order chi connectivity index (χ0) is 9.68. The molecule has 4 nitrogen and oxygen atoms in total. The molecule has 0 saturated carbocycles. The maximum Gasteiger partial charge on any atom is 0.226 e. The second-order valence-corrected chi connectivity index (χ2v) is 4.14. The molecule has 1 heterocycles. The summed E-state index contributed by atoms with van der Waals surface area (Å²) in [6.07, 6.45) is 1.03. The van der Waals surface area contributed by atoms with Gasteiger partial charge in [0.1, 0.15) is 0 Å². The first-order valence-electron chi connectivity index (χ1n) is 4.31. The van der Waals surface area contributed by atoms with E-state index in [1.54, 1.807) is 18.7 Å². The summed E-state index contributed by atoms with van der Waals surface area (Å²) in [5, 5.41) is 7.64. The van der Waals surface area contributed by atoms with Gasteiger partial charge in [0.15, 0.2) is 0 Å². The van der Waals surface area contributed by atoms with Crippen molar-refractivity contribution in [1.82, 2.24) is 10.2 Å². The average molecular weight is 201 g/mol. The van der Waals surface area contributed by atoms with Gasteiger partial charge in [-0.15, -0.1) is 10.2 Å². The van der Waals surface area contributed by atoms with E-state index in [2.05, 4.69) is 10.2 Å². The third kappa shape index (κ3) is 4.28. The summed E-state index contributed by atoms with van der Waals surface area (Å²) in [6.45, 7) is 3.81. The van der Waals surface area contributed by atoms with Crippen molar-refractivity contribution in [3.63, 3.8) is 0 Å². The Bertz CT molecular complexity index is 249. The molecule has 1 aromatic heterocycles. The molecule has 1 aromatic rings. The van der Waals surface area contributed by atoms with Gasteiger partial charge in [-0.2, -0.15) is 11.8 Å². The molecule has 74 valence electrons. The van der Waals surface area contributed by atoms with Crippen molar-refractivity contribution >= 4 is 11.8 Å². The lowest BCUT2D eigenvalue weighted by Crippen LogP contribution is -2.15. The van der Waals surface area contributed by atoms with Crippen molar-refractivity contribution in [1.29, 1.82) is 0 Å². The van der Waals surface area contributed by atoms with E-state index < -0.39 is 0 Å². The standard InChI is InChI=1S/C8H15N3OS/c1-6(9)3-4-13-5-8-11-10-7(2)12-8/h6H,3-5,9H2,1-2H3. The van der Waals surface area contributed by atoms with Crippen LogP contribution in [-0.2, 0) is 5.75 Å². The number of hydrogen-bond acceptors (Lipinski definition) is 5. The number of hydrogen-bond donors (Lipinski definition) is 1. The molecule has 13 heavy (non-hydrogen) atoms. The Morgan fingerprint density at radius 1 is 1.54 bits per heavy atom. The Balaban J connectivity index is 2.13. The van der Waals surface area contributed by atoms with Gasteiger partial charge in [0.2, 0.25) is 11.8 Å². The Morgan fingerprint density at radius 2 is 2.31 bits per heavy atom. The highest BCUT2D eigenvalue weighted by atomic mass is 32.2. The molecule has 1 rings (SSSR count). The summed E-state index contributed by atoms with van der Waals surface area (Å²) in [4.78, 5) is 0. The minimum absolute atomic E-state index is 0.275. The highest BCUT2D eigenvalue weighted by molar-refractivity contribution is 7.98. The summed E-state index contributed by atoms with van der Waals surface area (Å²) in [5.74, 6) is 3.15. The molecule has 0 aliphatic rings. The molecule has 1 atom stereocenters.